The number of hydrogen-bond acceptors (Lipinski definition) is 4. The van der Waals surface area contributed by atoms with Crippen LogP contribution in [0.4, 0.5) is 13.6 Å². The maximum Gasteiger partial charge on any atom is 0.387 e. The molecule has 0 radical (unpaired) electrons. The van der Waals surface area contributed by atoms with Crippen molar-refractivity contribution in [1.82, 2.24) is 15.6 Å². The number of halogens is 2. The number of amides is 2. The monoisotopic (exact) mass is 365 g/mol. The Hall–Kier alpha value is -2.90. The van der Waals surface area contributed by atoms with Crippen LogP contribution in [0.15, 0.2) is 42.6 Å². The second-order valence-electron chi connectivity index (χ2n) is 5.37. The summed E-state index contributed by atoms with van der Waals surface area (Å²) in [5, 5.41) is 5.40. The molecule has 0 fully saturated rings. The van der Waals surface area contributed by atoms with Crippen LogP contribution in [0.1, 0.15) is 31.0 Å². The first-order chi connectivity index (χ1) is 12.5. The van der Waals surface area contributed by atoms with Crippen LogP contribution in [0.2, 0.25) is 0 Å². The van der Waals surface area contributed by atoms with E-state index in [0.29, 0.717) is 18.1 Å². The van der Waals surface area contributed by atoms with Crippen molar-refractivity contribution in [3.8, 4) is 11.6 Å². The fourth-order valence-electron chi connectivity index (χ4n) is 2.37. The minimum Gasteiger partial charge on any atom is -0.478 e. The number of hydrogen-bond donors (Lipinski definition) is 2. The number of nitrogens with zero attached hydrogens (tertiary/aromatic N) is 1. The Bertz CT molecular complexity index is 728. The topological polar surface area (TPSA) is 72.5 Å². The molecular weight excluding hydrogens is 344 g/mol. The lowest BCUT2D eigenvalue weighted by Crippen LogP contribution is -2.36. The van der Waals surface area contributed by atoms with E-state index in [9.17, 15) is 13.6 Å². The molecule has 0 aliphatic heterocycles. The fourth-order valence-corrected chi connectivity index (χ4v) is 2.37. The smallest absolute Gasteiger partial charge is 0.387 e. The van der Waals surface area contributed by atoms with Gasteiger partial charge in [0.25, 0.3) is 0 Å². The zero-order valence-electron chi connectivity index (χ0n) is 14.5. The van der Waals surface area contributed by atoms with Gasteiger partial charge in [-0.1, -0.05) is 24.3 Å². The fraction of sp³-hybridized carbons (Fsp3) is 0.333. The van der Waals surface area contributed by atoms with Crippen molar-refractivity contribution in [3.63, 3.8) is 0 Å². The molecule has 0 spiro atoms. The van der Waals surface area contributed by atoms with E-state index < -0.39 is 18.7 Å². The van der Waals surface area contributed by atoms with Crippen molar-refractivity contribution < 1.29 is 23.0 Å². The van der Waals surface area contributed by atoms with Gasteiger partial charge >= 0.3 is 12.6 Å². The Labute approximate surface area is 150 Å². The number of para-hydroxylation sites is 1. The Balaban J connectivity index is 1.96. The summed E-state index contributed by atoms with van der Waals surface area (Å²) in [4.78, 5) is 16.2. The second kappa shape index (κ2) is 9.55. The van der Waals surface area contributed by atoms with Gasteiger partial charge < -0.3 is 20.1 Å². The molecule has 1 atom stereocenters. The Morgan fingerprint density at radius 3 is 2.73 bits per heavy atom. The molecule has 2 rings (SSSR count). The van der Waals surface area contributed by atoms with Gasteiger partial charge in [-0.3, -0.25) is 0 Å². The highest BCUT2D eigenvalue weighted by atomic mass is 19.3. The molecule has 1 aromatic heterocycles. The van der Waals surface area contributed by atoms with Crippen LogP contribution in [0.25, 0.3) is 0 Å². The number of ether oxygens (including phenoxy) is 2. The number of urea groups is 1. The van der Waals surface area contributed by atoms with E-state index in [1.165, 1.54) is 6.07 Å². The summed E-state index contributed by atoms with van der Waals surface area (Å²) in [7, 11) is 0. The van der Waals surface area contributed by atoms with Gasteiger partial charge in [0, 0.05) is 23.9 Å². The minimum atomic E-state index is -2.93. The van der Waals surface area contributed by atoms with Gasteiger partial charge in [-0.05, 0) is 26.0 Å². The lowest BCUT2D eigenvalue weighted by atomic mass is 10.1. The zero-order valence-corrected chi connectivity index (χ0v) is 14.5. The number of nitrogens with one attached hydrogen (secondary N) is 2. The first-order valence-electron chi connectivity index (χ1n) is 8.16. The molecule has 1 unspecified atom stereocenters. The predicted octanol–water partition coefficient (Wildman–Crippen LogP) is 3.64. The highest BCUT2D eigenvalue weighted by Crippen LogP contribution is 2.26. The summed E-state index contributed by atoms with van der Waals surface area (Å²) < 4.78 is 34.9. The molecule has 0 aliphatic carbocycles. The van der Waals surface area contributed by atoms with Gasteiger partial charge in [-0.15, -0.1) is 0 Å². The number of rotatable bonds is 8. The average Bonchev–Trinajstić information content (AvgIpc) is 2.61. The molecule has 2 amide bonds. The number of benzene rings is 1. The summed E-state index contributed by atoms with van der Waals surface area (Å²) in [6.07, 6.45) is 1.61. The van der Waals surface area contributed by atoms with E-state index in [1.54, 1.807) is 43.5 Å². The Kier molecular flexibility index (Phi) is 7.13. The van der Waals surface area contributed by atoms with Gasteiger partial charge in [0.15, 0.2) is 0 Å². The summed E-state index contributed by atoms with van der Waals surface area (Å²) in [5.74, 6) is 0.486. The molecule has 8 heteroatoms. The van der Waals surface area contributed by atoms with Crippen LogP contribution in [-0.4, -0.2) is 24.2 Å². The average molecular weight is 365 g/mol. The molecule has 2 N–H and O–H groups in total. The minimum absolute atomic E-state index is 0.0289. The molecule has 2 aromatic rings. The van der Waals surface area contributed by atoms with E-state index in [1.807, 2.05) is 6.92 Å². The summed E-state index contributed by atoms with van der Waals surface area (Å²) in [6, 6.07) is 8.91. The number of carbonyl (C=O) groups is 1. The van der Waals surface area contributed by atoms with Gasteiger partial charge in [0.05, 0.1) is 12.6 Å². The summed E-state index contributed by atoms with van der Waals surface area (Å²) in [5.41, 5.74) is 1.19. The molecule has 6 nitrogen and oxygen atoms in total. The van der Waals surface area contributed by atoms with Gasteiger partial charge in [0.2, 0.25) is 5.88 Å². The number of carbonyl (C=O) groups excluding carboxylic acids is 1. The SMILES string of the molecule is CCOc1ncccc1CNC(=O)NC(C)c1ccccc1OC(F)F. The van der Waals surface area contributed by atoms with Crippen molar-refractivity contribution in [2.45, 2.75) is 33.0 Å². The van der Waals surface area contributed by atoms with Crippen LogP contribution in [0.5, 0.6) is 11.6 Å². The molecule has 1 heterocycles. The van der Waals surface area contributed by atoms with Crippen LogP contribution in [-0.2, 0) is 6.54 Å². The number of aromatic nitrogens is 1. The molecule has 1 aromatic carbocycles. The maximum absolute atomic E-state index is 12.5. The van der Waals surface area contributed by atoms with E-state index in [4.69, 9.17) is 4.74 Å². The van der Waals surface area contributed by atoms with Crippen LogP contribution < -0.4 is 20.1 Å². The molecule has 140 valence electrons. The van der Waals surface area contributed by atoms with E-state index in [0.717, 1.165) is 5.56 Å². The first-order valence-corrected chi connectivity index (χ1v) is 8.16. The maximum atomic E-state index is 12.5. The lowest BCUT2D eigenvalue weighted by molar-refractivity contribution is -0.0506. The van der Waals surface area contributed by atoms with Crippen LogP contribution in [0, 0.1) is 0 Å². The van der Waals surface area contributed by atoms with Crippen molar-refractivity contribution in [1.29, 1.82) is 0 Å². The third kappa shape index (κ3) is 5.58. The molecule has 0 aliphatic rings. The van der Waals surface area contributed by atoms with E-state index >= 15 is 0 Å². The van der Waals surface area contributed by atoms with E-state index in [-0.39, 0.29) is 12.3 Å². The van der Waals surface area contributed by atoms with Gasteiger partial charge in [-0.25, -0.2) is 9.78 Å². The summed E-state index contributed by atoms with van der Waals surface area (Å²) >= 11 is 0. The standard InChI is InChI=1S/C18H21F2N3O3/c1-3-25-16-13(7-6-10-21-16)11-22-18(24)23-12(2)14-8-4-5-9-15(14)26-17(19)20/h4-10,12,17H,3,11H2,1-2H3,(H2,22,23,24). The highest BCUT2D eigenvalue weighted by molar-refractivity contribution is 5.74. The van der Waals surface area contributed by atoms with Gasteiger partial charge in [-0.2, -0.15) is 8.78 Å². The van der Waals surface area contributed by atoms with Crippen molar-refractivity contribution in [2.75, 3.05) is 6.61 Å². The quantitative estimate of drug-likeness (QED) is 0.749. The Morgan fingerprint density at radius 2 is 2.00 bits per heavy atom. The Morgan fingerprint density at radius 1 is 1.23 bits per heavy atom. The van der Waals surface area contributed by atoms with Crippen molar-refractivity contribution in [3.05, 3.63) is 53.7 Å². The number of alkyl halides is 2. The molecular formula is C18H21F2N3O3. The zero-order chi connectivity index (χ0) is 18.9. The molecule has 26 heavy (non-hydrogen) atoms. The highest BCUT2D eigenvalue weighted by Gasteiger charge is 2.16. The van der Waals surface area contributed by atoms with E-state index in [2.05, 4.69) is 20.4 Å². The largest absolute Gasteiger partial charge is 0.478 e. The lowest BCUT2D eigenvalue weighted by Gasteiger charge is -2.18. The molecule has 0 saturated heterocycles. The predicted molar refractivity (Wildman–Crippen MR) is 92.3 cm³/mol. The first kappa shape index (κ1) is 19.4. The third-order valence-corrected chi connectivity index (χ3v) is 3.52. The molecule has 0 bridgehead atoms. The summed E-state index contributed by atoms with van der Waals surface area (Å²) in [6.45, 7) is 1.28. The second-order valence-corrected chi connectivity index (χ2v) is 5.37. The van der Waals surface area contributed by atoms with Crippen molar-refractivity contribution in [2.24, 2.45) is 0 Å². The van der Waals surface area contributed by atoms with Crippen molar-refractivity contribution >= 4 is 6.03 Å². The van der Waals surface area contributed by atoms with Gasteiger partial charge in [0.1, 0.15) is 5.75 Å². The van der Waals surface area contributed by atoms with Crippen LogP contribution >= 0.6 is 0 Å². The normalized spacial score (nSPS) is 11.7. The van der Waals surface area contributed by atoms with Crippen LogP contribution in [0.3, 0.4) is 0 Å². The third-order valence-electron chi connectivity index (χ3n) is 3.52. The molecule has 0 saturated carbocycles. The number of pyridine rings is 1.